The average Bonchev–Trinajstić information content (AvgIpc) is 3.22. The minimum Gasteiger partial charge on any atom is -0.326 e. The molecule has 2 rings (SSSR count). The second-order valence-electron chi connectivity index (χ2n) is 5.21. The van der Waals surface area contributed by atoms with E-state index in [4.69, 9.17) is 17.3 Å². The molecule has 0 aliphatic heterocycles. The van der Waals surface area contributed by atoms with Gasteiger partial charge in [0.05, 0.1) is 4.92 Å². The molecule has 0 heterocycles. The number of nitrogens with one attached hydrogen (secondary N) is 1. The molecule has 1 atom stereocenters. The molecule has 0 aromatic heterocycles. The zero-order chi connectivity index (χ0) is 15.8. The summed E-state index contributed by atoms with van der Waals surface area (Å²) in [5.74, 6) is 0.343. The maximum Gasteiger partial charge on any atom is 0.289 e. The number of rotatable bonds is 6. The summed E-state index contributed by atoms with van der Waals surface area (Å²) >= 11 is 5.86. The Bertz CT molecular complexity index is 673. The molecule has 0 amide bonds. The van der Waals surface area contributed by atoms with E-state index in [1.165, 1.54) is 12.1 Å². The van der Waals surface area contributed by atoms with Crippen LogP contribution >= 0.6 is 11.6 Å². The number of halogens is 1. The number of hydrogen-bond acceptors (Lipinski definition) is 5. The van der Waals surface area contributed by atoms with Gasteiger partial charge in [0.1, 0.15) is 9.92 Å². The quantitative estimate of drug-likeness (QED) is 0.605. The predicted molar refractivity (Wildman–Crippen MR) is 78.7 cm³/mol. The normalized spacial score (nSPS) is 16.7. The third kappa shape index (κ3) is 3.70. The summed E-state index contributed by atoms with van der Waals surface area (Å²) < 4.78 is 26.9. The summed E-state index contributed by atoms with van der Waals surface area (Å²) in [6.45, 7) is 1.66. The molecule has 3 N–H and O–H groups in total. The topological polar surface area (TPSA) is 115 Å². The van der Waals surface area contributed by atoms with E-state index in [-0.39, 0.29) is 17.5 Å². The number of benzene rings is 1. The molecule has 1 aliphatic rings. The van der Waals surface area contributed by atoms with Crippen LogP contribution in [0.5, 0.6) is 0 Å². The molecule has 21 heavy (non-hydrogen) atoms. The molecule has 0 spiro atoms. The van der Waals surface area contributed by atoms with E-state index in [0.717, 1.165) is 12.8 Å². The zero-order valence-corrected chi connectivity index (χ0v) is 12.9. The smallest absolute Gasteiger partial charge is 0.289 e. The van der Waals surface area contributed by atoms with Crippen LogP contribution in [0.3, 0.4) is 0 Å². The number of aryl methyl sites for hydroxylation is 1. The molecule has 116 valence electrons. The van der Waals surface area contributed by atoms with Gasteiger partial charge in [0.25, 0.3) is 5.69 Å². The Hall–Kier alpha value is -1.22. The van der Waals surface area contributed by atoms with Crippen molar-refractivity contribution in [1.29, 1.82) is 0 Å². The predicted octanol–water partition coefficient (Wildman–Crippen LogP) is 1.57. The Kier molecular flexibility index (Phi) is 4.52. The molecular formula is C12H16ClN3O4S. The molecule has 9 heteroatoms. The summed E-state index contributed by atoms with van der Waals surface area (Å²) in [4.78, 5) is 9.91. The highest BCUT2D eigenvalue weighted by Gasteiger charge is 2.31. The lowest BCUT2D eigenvalue weighted by atomic mass is 10.2. The standard InChI is InChI=1S/C12H16ClN3O4S/c1-7-4-10(16(17)18)12(13)11(5-7)21(19,20)15-6-9(14)8-2-3-8/h4-5,8-9,15H,2-3,6,14H2,1H3. The van der Waals surface area contributed by atoms with E-state index in [9.17, 15) is 18.5 Å². The van der Waals surface area contributed by atoms with Gasteiger partial charge < -0.3 is 5.73 Å². The number of sulfonamides is 1. The van der Waals surface area contributed by atoms with Crippen LogP contribution in [0.2, 0.25) is 5.02 Å². The van der Waals surface area contributed by atoms with Gasteiger partial charge in [-0.15, -0.1) is 0 Å². The van der Waals surface area contributed by atoms with Gasteiger partial charge in [0.15, 0.2) is 0 Å². The fraction of sp³-hybridized carbons (Fsp3) is 0.500. The molecule has 1 unspecified atom stereocenters. The third-order valence-corrected chi connectivity index (χ3v) is 5.34. The van der Waals surface area contributed by atoms with Crippen molar-refractivity contribution in [2.24, 2.45) is 11.7 Å². The van der Waals surface area contributed by atoms with E-state index >= 15 is 0 Å². The minimum absolute atomic E-state index is 0.0884. The zero-order valence-electron chi connectivity index (χ0n) is 11.4. The number of nitrogens with zero attached hydrogens (tertiary/aromatic N) is 1. The Morgan fingerprint density at radius 3 is 2.67 bits per heavy atom. The van der Waals surface area contributed by atoms with Crippen molar-refractivity contribution in [2.75, 3.05) is 6.54 Å². The number of nitrogens with two attached hydrogens (primary N) is 1. The summed E-state index contributed by atoms with van der Waals surface area (Å²) in [6.07, 6.45) is 2.00. The molecular weight excluding hydrogens is 318 g/mol. The van der Waals surface area contributed by atoms with Crippen molar-refractivity contribution in [2.45, 2.75) is 30.7 Å². The largest absolute Gasteiger partial charge is 0.326 e. The number of nitro groups is 1. The SMILES string of the molecule is Cc1cc([N+](=O)[O-])c(Cl)c(S(=O)(=O)NCC(N)C2CC2)c1. The van der Waals surface area contributed by atoms with Crippen LogP contribution in [0, 0.1) is 23.0 Å². The van der Waals surface area contributed by atoms with Crippen LogP contribution in [0.25, 0.3) is 0 Å². The number of hydrogen-bond donors (Lipinski definition) is 2. The van der Waals surface area contributed by atoms with E-state index in [2.05, 4.69) is 4.72 Å². The second-order valence-corrected chi connectivity index (χ2v) is 7.32. The van der Waals surface area contributed by atoms with E-state index in [0.29, 0.717) is 11.5 Å². The minimum atomic E-state index is -3.94. The molecule has 0 saturated heterocycles. The Morgan fingerprint density at radius 2 is 2.14 bits per heavy atom. The molecule has 7 nitrogen and oxygen atoms in total. The second kappa shape index (κ2) is 5.88. The highest BCUT2D eigenvalue weighted by Crippen LogP contribution is 2.33. The maximum atomic E-state index is 12.3. The first-order valence-corrected chi connectivity index (χ1v) is 8.28. The summed E-state index contributed by atoms with van der Waals surface area (Å²) in [6, 6.07) is 2.29. The van der Waals surface area contributed by atoms with E-state index in [1.807, 2.05) is 0 Å². The third-order valence-electron chi connectivity index (χ3n) is 3.39. The van der Waals surface area contributed by atoms with Crippen molar-refractivity contribution in [3.05, 3.63) is 32.8 Å². The first-order chi connectivity index (χ1) is 9.72. The van der Waals surface area contributed by atoms with Crippen LogP contribution in [-0.2, 0) is 10.0 Å². The van der Waals surface area contributed by atoms with Crippen molar-refractivity contribution < 1.29 is 13.3 Å². The Morgan fingerprint density at radius 1 is 1.52 bits per heavy atom. The van der Waals surface area contributed by atoms with E-state index in [1.54, 1.807) is 6.92 Å². The van der Waals surface area contributed by atoms with Crippen molar-refractivity contribution >= 4 is 27.3 Å². The molecule has 0 bridgehead atoms. The molecule has 1 aromatic rings. The van der Waals surface area contributed by atoms with Crippen LogP contribution in [0.4, 0.5) is 5.69 Å². The van der Waals surface area contributed by atoms with Gasteiger partial charge in [-0.2, -0.15) is 0 Å². The van der Waals surface area contributed by atoms with Gasteiger partial charge in [0.2, 0.25) is 10.0 Å². The van der Waals surface area contributed by atoms with Gasteiger partial charge in [0, 0.05) is 18.7 Å². The van der Waals surface area contributed by atoms with Crippen molar-refractivity contribution in [1.82, 2.24) is 4.72 Å². The fourth-order valence-corrected chi connectivity index (χ4v) is 3.75. The van der Waals surface area contributed by atoms with Crippen LogP contribution < -0.4 is 10.5 Å². The fourth-order valence-electron chi connectivity index (χ4n) is 2.02. The Labute approximate surface area is 127 Å². The highest BCUT2D eigenvalue weighted by molar-refractivity contribution is 7.89. The Balaban J connectivity index is 2.28. The van der Waals surface area contributed by atoms with Gasteiger partial charge in [-0.05, 0) is 37.3 Å². The summed E-state index contributed by atoms with van der Waals surface area (Å²) in [7, 11) is -3.94. The van der Waals surface area contributed by atoms with Gasteiger partial charge in [-0.3, -0.25) is 10.1 Å². The van der Waals surface area contributed by atoms with Crippen LogP contribution in [0.15, 0.2) is 17.0 Å². The van der Waals surface area contributed by atoms with Crippen molar-refractivity contribution in [3.8, 4) is 0 Å². The maximum absolute atomic E-state index is 12.3. The summed E-state index contributed by atoms with van der Waals surface area (Å²) in [5, 5.41) is 10.5. The van der Waals surface area contributed by atoms with Gasteiger partial charge in [-0.25, -0.2) is 13.1 Å². The molecule has 0 radical (unpaired) electrons. The lowest BCUT2D eigenvalue weighted by molar-refractivity contribution is -0.385. The highest BCUT2D eigenvalue weighted by atomic mass is 35.5. The molecule has 1 aliphatic carbocycles. The van der Waals surface area contributed by atoms with Gasteiger partial charge >= 0.3 is 0 Å². The molecule has 1 saturated carbocycles. The average molecular weight is 334 g/mol. The lowest BCUT2D eigenvalue weighted by Gasteiger charge is -2.13. The number of nitro benzene ring substituents is 1. The molecule has 1 fully saturated rings. The first kappa shape index (κ1) is 16.2. The first-order valence-electron chi connectivity index (χ1n) is 6.42. The molecule has 1 aromatic carbocycles. The van der Waals surface area contributed by atoms with Crippen LogP contribution in [-0.4, -0.2) is 25.9 Å². The lowest BCUT2D eigenvalue weighted by Crippen LogP contribution is -2.38. The summed E-state index contributed by atoms with van der Waals surface area (Å²) in [5.41, 5.74) is 5.86. The van der Waals surface area contributed by atoms with E-state index < -0.39 is 25.7 Å². The van der Waals surface area contributed by atoms with Crippen molar-refractivity contribution in [3.63, 3.8) is 0 Å². The van der Waals surface area contributed by atoms with Crippen LogP contribution in [0.1, 0.15) is 18.4 Å². The monoisotopic (exact) mass is 333 g/mol. The van der Waals surface area contributed by atoms with Gasteiger partial charge in [-0.1, -0.05) is 11.6 Å².